The molecule has 2 aliphatic rings. The number of rotatable bonds is 3. The maximum absolute atomic E-state index is 13.0. The van der Waals surface area contributed by atoms with Crippen LogP contribution in [0.1, 0.15) is 24.0 Å². The maximum Gasteiger partial charge on any atom is 0.416 e. The van der Waals surface area contributed by atoms with Crippen LogP contribution in [0.2, 0.25) is 0 Å². The number of piperidine rings is 1. The highest BCUT2D eigenvalue weighted by Gasteiger charge is 2.38. The lowest BCUT2D eigenvalue weighted by atomic mass is 10.0. The van der Waals surface area contributed by atoms with Gasteiger partial charge in [-0.05, 0) is 37.1 Å². The Morgan fingerprint density at radius 1 is 1.00 bits per heavy atom. The van der Waals surface area contributed by atoms with Gasteiger partial charge in [0.15, 0.2) is 0 Å². The number of cyclic esters (lactones) is 1. The van der Waals surface area contributed by atoms with Crippen LogP contribution < -0.4 is 4.90 Å². The summed E-state index contributed by atoms with van der Waals surface area (Å²) in [5.74, 6) is 0. The fourth-order valence-electron chi connectivity index (χ4n) is 3.84. The second-order valence-corrected chi connectivity index (χ2v) is 9.15. The molecule has 2 aromatic carbocycles. The molecule has 0 radical (unpaired) electrons. The average molecular weight is 440 g/mol. The Labute approximate surface area is 171 Å². The van der Waals surface area contributed by atoms with E-state index in [4.69, 9.17) is 4.74 Å². The number of fused-ring (bicyclic) bond motifs is 1. The number of alkyl halides is 3. The van der Waals surface area contributed by atoms with Crippen LogP contribution in [0.4, 0.5) is 23.7 Å². The van der Waals surface area contributed by atoms with E-state index in [1.165, 1.54) is 4.31 Å². The average Bonchev–Trinajstić information content (AvgIpc) is 2.73. The molecule has 0 N–H and O–H groups in total. The highest BCUT2D eigenvalue weighted by atomic mass is 32.2. The van der Waals surface area contributed by atoms with Crippen LogP contribution in [-0.4, -0.2) is 37.9 Å². The van der Waals surface area contributed by atoms with E-state index in [0.717, 1.165) is 29.4 Å². The quantitative estimate of drug-likeness (QED) is 0.723. The van der Waals surface area contributed by atoms with Crippen LogP contribution in [0.15, 0.2) is 53.4 Å². The second kappa shape index (κ2) is 7.59. The third-order valence-electron chi connectivity index (χ3n) is 5.39. The molecule has 2 heterocycles. The van der Waals surface area contributed by atoms with Gasteiger partial charge in [0.1, 0.15) is 6.61 Å². The van der Waals surface area contributed by atoms with Crippen molar-refractivity contribution in [2.45, 2.75) is 36.6 Å². The summed E-state index contributed by atoms with van der Waals surface area (Å²) in [7, 11) is -4.07. The molecular weight excluding hydrogens is 421 g/mol. The predicted octanol–water partition coefficient (Wildman–Crippen LogP) is 4.02. The van der Waals surface area contributed by atoms with Gasteiger partial charge in [-0.3, -0.25) is 4.90 Å². The molecule has 0 saturated carbocycles. The summed E-state index contributed by atoms with van der Waals surface area (Å²) in [4.78, 5) is 13.5. The Bertz CT molecular complexity index is 1060. The lowest BCUT2D eigenvalue weighted by molar-refractivity contribution is -0.137. The summed E-state index contributed by atoms with van der Waals surface area (Å²) >= 11 is 0. The molecule has 0 unspecified atom stereocenters. The summed E-state index contributed by atoms with van der Waals surface area (Å²) < 4.78 is 71.0. The smallest absolute Gasteiger partial charge is 0.416 e. The van der Waals surface area contributed by atoms with E-state index in [1.807, 2.05) is 24.3 Å². The Balaban J connectivity index is 1.52. The van der Waals surface area contributed by atoms with Gasteiger partial charge < -0.3 is 4.74 Å². The molecule has 2 aliphatic heterocycles. The second-order valence-electron chi connectivity index (χ2n) is 7.21. The van der Waals surface area contributed by atoms with E-state index in [0.29, 0.717) is 18.9 Å². The van der Waals surface area contributed by atoms with E-state index in [1.54, 1.807) is 4.90 Å². The van der Waals surface area contributed by atoms with Gasteiger partial charge >= 0.3 is 12.3 Å². The number of ether oxygens (including phenoxy) is 1. The molecule has 2 aromatic rings. The summed E-state index contributed by atoms with van der Waals surface area (Å²) in [6.45, 7) is 0.374. The van der Waals surface area contributed by atoms with E-state index in [-0.39, 0.29) is 25.7 Å². The lowest BCUT2D eigenvalue weighted by Gasteiger charge is -2.39. The Hall–Kier alpha value is -2.59. The lowest BCUT2D eigenvalue weighted by Crippen LogP contribution is -2.50. The van der Waals surface area contributed by atoms with E-state index >= 15 is 0 Å². The summed E-state index contributed by atoms with van der Waals surface area (Å²) in [6, 6.07) is 10.8. The number of halogens is 3. The zero-order valence-corrected chi connectivity index (χ0v) is 16.6. The number of benzene rings is 2. The van der Waals surface area contributed by atoms with Crippen molar-refractivity contribution in [3.05, 3.63) is 59.7 Å². The first-order valence-electron chi connectivity index (χ1n) is 9.39. The molecule has 30 heavy (non-hydrogen) atoms. The minimum atomic E-state index is -4.62. The third kappa shape index (κ3) is 3.77. The summed E-state index contributed by atoms with van der Waals surface area (Å²) in [6.07, 6.45) is -4.41. The zero-order valence-electron chi connectivity index (χ0n) is 15.8. The van der Waals surface area contributed by atoms with Gasteiger partial charge in [-0.2, -0.15) is 17.5 Å². The fourth-order valence-corrected chi connectivity index (χ4v) is 5.36. The van der Waals surface area contributed by atoms with Gasteiger partial charge in [0.2, 0.25) is 10.0 Å². The van der Waals surface area contributed by atoms with Gasteiger partial charge in [0.25, 0.3) is 0 Å². The number of para-hydroxylation sites is 1. The van der Waals surface area contributed by atoms with Crippen LogP contribution in [0, 0.1) is 0 Å². The molecule has 1 amide bonds. The maximum atomic E-state index is 13.0. The number of amides is 1. The van der Waals surface area contributed by atoms with Crippen molar-refractivity contribution in [1.29, 1.82) is 0 Å². The number of sulfonamides is 1. The summed E-state index contributed by atoms with van der Waals surface area (Å²) in [5, 5.41) is 0. The van der Waals surface area contributed by atoms with Crippen molar-refractivity contribution >= 4 is 21.8 Å². The van der Waals surface area contributed by atoms with Gasteiger partial charge in [-0.25, -0.2) is 13.2 Å². The zero-order chi connectivity index (χ0) is 21.5. The molecular formula is C20H19F3N2O4S. The summed E-state index contributed by atoms with van der Waals surface area (Å²) in [5.41, 5.74) is 0.607. The molecule has 0 bridgehead atoms. The van der Waals surface area contributed by atoms with Gasteiger partial charge in [0.05, 0.1) is 16.1 Å². The van der Waals surface area contributed by atoms with Gasteiger partial charge in [0, 0.05) is 24.7 Å². The van der Waals surface area contributed by atoms with Gasteiger partial charge in [-0.15, -0.1) is 0 Å². The standard InChI is InChI=1S/C20H19F3N2O4S/c21-20(22,23)15-5-3-6-17(12-15)30(27,28)24-10-8-16(9-11-24)25-18-7-2-1-4-14(18)13-29-19(25)26/h1-7,12,16H,8-11,13H2. The molecule has 0 aliphatic carbocycles. The van der Waals surface area contributed by atoms with E-state index < -0.39 is 32.8 Å². The monoisotopic (exact) mass is 440 g/mol. The number of hydrogen-bond acceptors (Lipinski definition) is 4. The Kier molecular flexibility index (Phi) is 5.23. The SMILES string of the molecule is O=C1OCc2ccccc2N1C1CCN(S(=O)(=O)c2cccc(C(F)(F)F)c2)CC1. The van der Waals surface area contributed by atoms with Crippen LogP contribution in [0.25, 0.3) is 0 Å². The number of anilines is 1. The third-order valence-corrected chi connectivity index (χ3v) is 7.28. The molecule has 160 valence electrons. The Morgan fingerprint density at radius 3 is 2.40 bits per heavy atom. The minimum Gasteiger partial charge on any atom is -0.444 e. The van der Waals surface area contributed by atoms with Crippen molar-refractivity contribution in [3.63, 3.8) is 0 Å². The van der Waals surface area contributed by atoms with Crippen molar-refractivity contribution < 1.29 is 31.1 Å². The molecule has 1 saturated heterocycles. The molecule has 1 fully saturated rings. The van der Waals surface area contributed by atoms with Crippen LogP contribution in [-0.2, 0) is 27.5 Å². The van der Waals surface area contributed by atoms with Crippen LogP contribution in [0.3, 0.4) is 0 Å². The van der Waals surface area contributed by atoms with Gasteiger partial charge in [-0.1, -0.05) is 24.3 Å². The van der Waals surface area contributed by atoms with Crippen molar-refractivity contribution in [2.75, 3.05) is 18.0 Å². The molecule has 0 aromatic heterocycles. The normalized spacial score (nSPS) is 18.8. The molecule has 10 heteroatoms. The first kappa shape index (κ1) is 20.7. The molecule has 0 spiro atoms. The van der Waals surface area contributed by atoms with Crippen molar-refractivity contribution in [2.24, 2.45) is 0 Å². The highest BCUT2D eigenvalue weighted by molar-refractivity contribution is 7.89. The molecule has 4 rings (SSSR count). The molecule has 0 atom stereocenters. The fraction of sp³-hybridized carbons (Fsp3) is 0.350. The van der Waals surface area contributed by atoms with Crippen LogP contribution in [0.5, 0.6) is 0 Å². The molecule has 6 nitrogen and oxygen atoms in total. The van der Waals surface area contributed by atoms with Crippen LogP contribution >= 0.6 is 0 Å². The van der Waals surface area contributed by atoms with Crippen molar-refractivity contribution in [1.82, 2.24) is 4.31 Å². The Morgan fingerprint density at radius 2 is 1.70 bits per heavy atom. The largest absolute Gasteiger partial charge is 0.444 e. The highest BCUT2D eigenvalue weighted by Crippen LogP contribution is 2.34. The first-order valence-corrected chi connectivity index (χ1v) is 10.8. The number of carbonyl (C=O) groups is 1. The number of hydrogen-bond donors (Lipinski definition) is 0. The van der Waals surface area contributed by atoms with E-state index in [9.17, 15) is 26.4 Å². The minimum absolute atomic E-state index is 0.0925. The topological polar surface area (TPSA) is 66.9 Å². The first-order chi connectivity index (χ1) is 14.2. The predicted molar refractivity (Wildman–Crippen MR) is 102 cm³/mol. The number of nitrogens with zero attached hydrogens (tertiary/aromatic N) is 2. The van der Waals surface area contributed by atoms with Crippen molar-refractivity contribution in [3.8, 4) is 0 Å². The van der Waals surface area contributed by atoms with E-state index in [2.05, 4.69) is 0 Å². The number of carbonyl (C=O) groups excluding carboxylic acids is 1.